The van der Waals surface area contributed by atoms with Gasteiger partial charge >= 0.3 is 5.97 Å². The Kier molecular flexibility index (Phi) is 7.49. The van der Waals surface area contributed by atoms with Gasteiger partial charge in [-0.25, -0.2) is 9.18 Å². The van der Waals surface area contributed by atoms with Crippen molar-refractivity contribution >= 4 is 23.6 Å². The third kappa shape index (κ3) is 6.18. The quantitative estimate of drug-likeness (QED) is 0.409. The second-order valence-corrected chi connectivity index (χ2v) is 6.57. The fraction of sp³-hybridized carbons (Fsp3) is 0.227. The number of rotatable bonds is 7. The largest absolute Gasteiger partial charge is 0.451 e. The summed E-state index contributed by atoms with van der Waals surface area (Å²) in [6.45, 7) is -0.495. The molecule has 0 fully saturated rings. The van der Waals surface area contributed by atoms with E-state index in [9.17, 15) is 19.2 Å². The third-order valence-corrected chi connectivity index (χ3v) is 4.18. The number of nitrogens with zero attached hydrogens (tertiary/aromatic N) is 3. The summed E-state index contributed by atoms with van der Waals surface area (Å²) in [5, 5.41) is 9.24. The molecule has 0 aliphatic heterocycles. The van der Waals surface area contributed by atoms with Crippen molar-refractivity contribution in [2.75, 3.05) is 32.6 Å². The molecule has 0 unspecified atom stereocenters. The zero-order valence-electron chi connectivity index (χ0n) is 16.6. The average Bonchev–Trinajstić information content (AvgIpc) is 2.71. The summed E-state index contributed by atoms with van der Waals surface area (Å²) in [4.78, 5) is 27.5. The van der Waals surface area contributed by atoms with Crippen molar-refractivity contribution in [3.63, 3.8) is 0 Å². The molecule has 0 heterocycles. The number of amides is 1. The van der Waals surface area contributed by atoms with Crippen molar-refractivity contribution < 1.29 is 18.7 Å². The highest BCUT2D eigenvalue weighted by Crippen LogP contribution is 2.15. The van der Waals surface area contributed by atoms with Crippen molar-refractivity contribution in [1.82, 2.24) is 4.90 Å². The molecule has 0 N–H and O–H groups in total. The molecule has 7 heteroatoms. The zero-order valence-corrected chi connectivity index (χ0v) is 16.6. The molecule has 0 atom stereocenters. The first-order valence-corrected chi connectivity index (χ1v) is 8.85. The highest BCUT2D eigenvalue weighted by Gasteiger charge is 2.16. The van der Waals surface area contributed by atoms with Crippen LogP contribution < -0.4 is 4.90 Å². The second-order valence-electron chi connectivity index (χ2n) is 6.57. The standard InChI is InChI=1S/C22H22FN3O3/c1-25(2)19-10-8-16(9-11-19)12-18(13-24)22(28)29-15-21(27)26(3)14-17-6-4-5-7-20(17)23/h4-12H,14-15H2,1-3H3/b18-12+. The Bertz CT molecular complexity index is 947. The van der Waals surface area contributed by atoms with Crippen LogP contribution in [0.3, 0.4) is 0 Å². The molecule has 0 bridgehead atoms. The van der Waals surface area contributed by atoms with E-state index in [2.05, 4.69) is 0 Å². The number of esters is 1. The van der Waals surface area contributed by atoms with Gasteiger partial charge in [0.25, 0.3) is 5.91 Å². The van der Waals surface area contributed by atoms with Gasteiger partial charge in [0.05, 0.1) is 0 Å². The van der Waals surface area contributed by atoms with E-state index in [0.29, 0.717) is 11.1 Å². The van der Waals surface area contributed by atoms with E-state index in [1.807, 2.05) is 31.1 Å². The van der Waals surface area contributed by atoms with Crippen LogP contribution in [0.5, 0.6) is 0 Å². The summed E-state index contributed by atoms with van der Waals surface area (Å²) in [5.41, 5.74) is 1.78. The second kappa shape index (κ2) is 10.0. The van der Waals surface area contributed by atoms with Gasteiger partial charge in [-0.1, -0.05) is 30.3 Å². The molecule has 0 saturated heterocycles. The molecule has 0 aliphatic carbocycles. The minimum absolute atomic E-state index is 0.0439. The number of hydrogen-bond donors (Lipinski definition) is 0. The Morgan fingerprint density at radius 3 is 2.34 bits per heavy atom. The summed E-state index contributed by atoms with van der Waals surface area (Å²) in [6.07, 6.45) is 1.40. The van der Waals surface area contributed by atoms with Crippen LogP contribution in [0.4, 0.5) is 10.1 Å². The van der Waals surface area contributed by atoms with Gasteiger partial charge in [0.2, 0.25) is 0 Å². The van der Waals surface area contributed by atoms with Crippen LogP contribution in [-0.4, -0.2) is 44.5 Å². The molecular formula is C22H22FN3O3. The van der Waals surface area contributed by atoms with E-state index in [1.54, 1.807) is 36.4 Å². The fourth-order valence-corrected chi connectivity index (χ4v) is 2.46. The fourth-order valence-electron chi connectivity index (χ4n) is 2.46. The van der Waals surface area contributed by atoms with Crippen molar-refractivity contribution in [3.8, 4) is 6.07 Å². The maximum atomic E-state index is 13.7. The highest BCUT2D eigenvalue weighted by molar-refractivity contribution is 5.98. The van der Waals surface area contributed by atoms with Gasteiger partial charge in [-0.2, -0.15) is 5.26 Å². The number of anilines is 1. The molecule has 0 aromatic heterocycles. The maximum absolute atomic E-state index is 13.7. The van der Waals surface area contributed by atoms with Gasteiger partial charge in [0, 0.05) is 38.9 Å². The van der Waals surface area contributed by atoms with Crippen molar-refractivity contribution in [2.45, 2.75) is 6.54 Å². The van der Waals surface area contributed by atoms with Gasteiger partial charge in [0.15, 0.2) is 6.61 Å². The highest BCUT2D eigenvalue weighted by atomic mass is 19.1. The lowest BCUT2D eigenvalue weighted by atomic mass is 10.1. The topological polar surface area (TPSA) is 73.6 Å². The Balaban J connectivity index is 1.96. The van der Waals surface area contributed by atoms with Crippen LogP contribution >= 0.6 is 0 Å². The van der Waals surface area contributed by atoms with Crippen LogP contribution in [0.2, 0.25) is 0 Å². The number of hydrogen-bond acceptors (Lipinski definition) is 5. The van der Waals surface area contributed by atoms with Gasteiger partial charge in [0.1, 0.15) is 17.5 Å². The predicted octanol–water partition coefficient (Wildman–Crippen LogP) is 3.00. The van der Waals surface area contributed by atoms with Gasteiger partial charge in [-0.15, -0.1) is 0 Å². The molecular weight excluding hydrogens is 373 g/mol. The summed E-state index contributed by atoms with van der Waals surface area (Å²) < 4.78 is 18.6. The minimum Gasteiger partial charge on any atom is -0.451 e. The molecule has 0 spiro atoms. The lowest BCUT2D eigenvalue weighted by Gasteiger charge is -2.17. The van der Waals surface area contributed by atoms with Crippen LogP contribution in [-0.2, 0) is 20.9 Å². The Morgan fingerprint density at radius 1 is 1.10 bits per heavy atom. The summed E-state index contributed by atoms with van der Waals surface area (Å²) >= 11 is 0. The number of carbonyl (C=O) groups excluding carboxylic acids is 2. The maximum Gasteiger partial charge on any atom is 0.349 e. The molecule has 29 heavy (non-hydrogen) atoms. The van der Waals surface area contributed by atoms with Crippen molar-refractivity contribution in [2.24, 2.45) is 0 Å². The lowest BCUT2D eigenvalue weighted by molar-refractivity contribution is -0.148. The Morgan fingerprint density at radius 2 is 1.76 bits per heavy atom. The van der Waals surface area contributed by atoms with E-state index in [4.69, 9.17) is 4.74 Å². The molecule has 0 saturated carbocycles. The molecule has 2 rings (SSSR count). The first-order valence-electron chi connectivity index (χ1n) is 8.85. The van der Waals surface area contributed by atoms with E-state index in [-0.39, 0.29) is 12.1 Å². The first kappa shape index (κ1) is 21.6. The molecule has 6 nitrogen and oxygen atoms in total. The lowest BCUT2D eigenvalue weighted by Crippen LogP contribution is -2.31. The van der Waals surface area contributed by atoms with E-state index < -0.39 is 24.3 Å². The van der Waals surface area contributed by atoms with Crippen molar-refractivity contribution in [1.29, 1.82) is 5.26 Å². The summed E-state index contributed by atoms with van der Waals surface area (Å²) in [6, 6.07) is 15.2. The van der Waals surface area contributed by atoms with Crippen LogP contribution in [0, 0.1) is 17.1 Å². The number of carbonyl (C=O) groups is 2. The number of nitriles is 1. The minimum atomic E-state index is -0.892. The number of ether oxygens (including phenoxy) is 1. The van der Waals surface area contributed by atoms with Crippen molar-refractivity contribution in [3.05, 3.63) is 71.0 Å². The normalized spacial score (nSPS) is 10.8. The van der Waals surface area contributed by atoms with Gasteiger partial charge in [-0.3, -0.25) is 4.79 Å². The SMILES string of the molecule is CN(Cc1ccccc1F)C(=O)COC(=O)/C(C#N)=C/c1ccc(N(C)C)cc1. The van der Waals surface area contributed by atoms with Gasteiger partial charge in [-0.05, 0) is 29.8 Å². The average molecular weight is 395 g/mol. The first-order chi connectivity index (χ1) is 13.8. The molecule has 2 aromatic carbocycles. The zero-order chi connectivity index (χ0) is 21.4. The van der Waals surface area contributed by atoms with Gasteiger partial charge < -0.3 is 14.5 Å². The van der Waals surface area contributed by atoms with Crippen LogP contribution in [0.15, 0.2) is 54.1 Å². The Hall–Kier alpha value is -3.66. The molecule has 2 aromatic rings. The predicted molar refractivity (Wildman–Crippen MR) is 108 cm³/mol. The smallest absolute Gasteiger partial charge is 0.349 e. The summed E-state index contributed by atoms with van der Waals surface area (Å²) in [7, 11) is 5.29. The van der Waals surface area contributed by atoms with E-state index in [1.165, 1.54) is 24.1 Å². The summed E-state index contributed by atoms with van der Waals surface area (Å²) in [5.74, 6) is -1.81. The molecule has 1 amide bonds. The van der Waals surface area contributed by atoms with E-state index >= 15 is 0 Å². The van der Waals surface area contributed by atoms with E-state index in [0.717, 1.165) is 5.69 Å². The monoisotopic (exact) mass is 395 g/mol. The third-order valence-electron chi connectivity index (χ3n) is 4.18. The number of likely N-dealkylation sites (N-methyl/N-ethyl adjacent to an activating group) is 1. The molecule has 150 valence electrons. The number of halogens is 1. The van der Waals surface area contributed by atoms with Crippen LogP contribution in [0.1, 0.15) is 11.1 Å². The van der Waals surface area contributed by atoms with Crippen LogP contribution in [0.25, 0.3) is 6.08 Å². The number of benzene rings is 2. The molecule has 0 radical (unpaired) electrons. The Labute approximate surface area is 169 Å². The molecule has 0 aliphatic rings.